The molecule has 0 heterocycles. The number of nitrogens with zero attached hydrogens (tertiary/aromatic N) is 2. The van der Waals surface area contributed by atoms with Crippen LogP contribution in [0.5, 0.6) is 0 Å². The molecule has 12 heteroatoms. The van der Waals surface area contributed by atoms with Gasteiger partial charge in [-0.3, -0.25) is 20.3 Å². The van der Waals surface area contributed by atoms with Crippen molar-refractivity contribution in [2.24, 2.45) is 5.10 Å². The predicted octanol–water partition coefficient (Wildman–Crippen LogP) is 4.19. The van der Waals surface area contributed by atoms with Crippen molar-refractivity contribution < 1.29 is 23.2 Å². The highest BCUT2D eigenvalue weighted by Crippen LogP contribution is 2.29. The van der Waals surface area contributed by atoms with Gasteiger partial charge in [-0.05, 0) is 42.5 Å². The number of nitrogens with one attached hydrogen (secondary N) is 2. The molecule has 0 aliphatic rings. The van der Waals surface area contributed by atoms with Crippen LogP contribution in [-0.4, -0.2) is 30.6 Å². The molecule has 3 rings (SSSR count). The number of nitro benzene ring substituents is 1. The van der Waals surface area contributed by atoms with Gasteiger partial charge in [0.15, 0.2) is 0 Å². The smallest absolute Gasteiger partial charge is 0.336 e. The molecule has 0 amide bonds. The van der Waals surface area contributed by atoms with Gasteiger partial charge in [-0.2, -0.15) is 5.10 Å². The molecule has 3 N–H and O–H groups in total. The molecule has 0 atom stereocenters. The van der Waals surface area contributed by atoms with Gasteiger partial charge in [0.1, 0.15) is 5.69 Å². The number of hydrazone groups is 1. The quantitative estimate of drug-likeness (QED) is 0.251. The number of anilines is 2. The number of carbonyl (C=O) groups is 1. The third-order valence-corrected chi connectivity index (χ3v) is 5.78. The maximum Gasteiger partial charge on any atom is 0.336 e. The molecule has 10 nitrogen and oxygen atoms in total. The summed E-state index contributed by atoms with van der Waals surface area (Å²) in [6.07, 6.45) is 1.19. The van der Waals surface area contributed by atoms with E-state index in [1.807, 2.05) is 0 Å². The number of carboxylic acids is 1. The highest BCUT2D eigenvalue weighted by Gasteiger charge is 2.21. The Morgan fingerprint density at radius 2 is 1.78 bits per heavy atom. The second kappa shape index (κ2) is 9.45. The summed E-state index contributed by atoms with van der Waals surface area (Å²) in [6.45, 7) is 0. The Bertz CT molecular complexity index is 1310. The van der Waals surface area contributed by atoms with Crippen LogP contribution in [0.15, 0.2) is 76.7 Å². The van der Waals surface area contributed by atoms with E-state index >= 15 is 0 Å². The second-order valence-corrected chi connectivity index (χ2v) is 8.43. The van der Waals surface area contributed by atoms with Gasteiger partial charge < -0.3 is 5.11 Å². The van der Waals surface area contributed by atoms with Crippen LogP contribution in [0.4, 0.5) is 17.1 Å². The molecule has 0 fully saturated rings. The summed E-state index contributed by atoms with van der Waals surface area (Å²) in [4.78, 5) is 21.6. The van der Waals surface area contributed by atoms with E-state index in [0.717, 1.165) is 6.07 Å². The molecule has 0 aromatic heterocycles. The first-order valence-corrected chi connectivity index (χ1v) is 10.7. The molecule has 0 saturated heterocycles. The van der Waals surface area contributed by atoms with E-state index in [0.29, 0.717) is 5.02 Å². The lowest BCUT2D eigenvalue weighted by molar-refractivity contribution is -0.384. The van der Waals surface area contributed by atoms with Crippen LogP contribution in [0.3, 0.4) is 0 Å². The van der Waals surface area contributed by atoms with Gasteiger partial charge in [0.05, 0.1) is 21.6 Å². The van der Waals surface area contributed by atoms with Crippen molar-refractivity contribution in [3.8, 4) is 0 Å². The van der Waals surface area contributed by atoms with E-state index in [4.69, 9.17) is 11.6 Å². The summed E-state index contributed by atoms with van der Waals surface area (Å²) in [5.41, 5.74) is 2.35. The second-order valence-electron chi connectivity index (χ2n) is 6.31. The molecule has 3 aromatic carbocycles. The van der Waals surface area contributed by atoms with Gasteiger partial charge in [-0.25, -0.2) is 13.2 Å². The number of rotatable bonds is 8. The minimum atomic E-state index is -4.11. The summed E-state index contributed by atoms with van der Waals surface area (Å²) < 4.78 is 27.5. The summed E-state index contributed by atoms with van der Waals surface area (Å²) in [6, 6.07) is 15.2. The minimum absolute atomic E-state index is 0.00210. The van der Waals surface area contributed by atoms with Crippen molar-refractivity contribution in [3.63, 3.8) is 0 Å². The maximum atomic E-state index is 12.6. The highest BCUT2D eigenvalue weighted by molar-refractivity contribution is 7.92. The predicted molar refractivity (Wildman–Crippen MR) is 120 cm³/mol. The average molecular weight is 475 g/mol. The lowest BCUT2D eigenvalue weighted by Gasteiger charge is -2.09. The molecule has 0 spiro atoms. The number of hydrogen-bond donors (Lipinski definition) is 3. The number of aromatic carboxylic acids is 1. The maximum absolute atomic E-state index is 12.6. The van der Waals surface area contributed by atoms with Gasteiger partial charge in [0.25, 0.3) is 15.7 Å². The topological polar surface area (TPSA) is 151 Å². The Hall–Kier alpha value is -3.96. The molecule has 0 saturated carbocycles. The van der Waals surface area contributed by atoms with Crippen molar-refractivity contribution in [1.82, 2.24) is 0 Å². The lowest BCUT2D eigenvalue weighted by Crippen LogP contribution is -2.13. The fraction of sp³-hybridized carbons (Fsp3) is 0. The van der Waals surface area contributed by atoms with E-state index < -0.39 is 26.6 Å². The zero-order valence-corrected chi connectivity index (χ0v) is 17.7. The average Bonchev–Trinajstić information content (AvgIpc) is 2.75. The third kappa shape index (κ3) is 5.39. The Labute approximate surface area is 187 Å². The number of hydrogen-bond acceptors (Lipinski definition) is 7. The van der Waals surface area contributed by atoms with Crippen molar-refractivity contribution in [2.75, 3.05) is 10.1 Å². The number of benzene rings is 3. The molecular formula is C20H15ClN4O6S. The number of nitro groups is 1. The van der Waals surface area contributed by atoms with Crippen molar-refractivity contribution in [3.05, 3.63) is 93.0 Å². The van der Waals surface area contributed by atoms with Crippen LogP contribution in [0.2, 0.25) is 5.02 Å². The van der Waals surface area contributed by atoms with E-state index in [1.54, 1.807) is 12.1 Å². The normalized spacial score (nSPS) is 11.3. The van der Waals surface area contributed by atoms with Crippen LogP contribution < -0.4 is 10.1 Å². The summed E-state index contributed by atoms with van der Waals surface area (Å²) >= 11 is 5.78. The fourth-order valence-electron chi connectivity index (χ4n) is 2.63. The summed E-state index contributed by atoms with van der Waals surface area (Å²) in [5, 5.41) is 24.9. The van der Waals surface area contributed by atoms with Gasteiger partial charge in [-0.15, -0.1) is 0 Å². The molecule has 3 aromatic rings. The van der Waals surface area contributed by atoms with Crippen LogP contribution in [-0.2, 0) is 10.0 Å². The Morgan fingerprint density at radius 3 is 2.44 bits per heavy atom. The molecule has 0 radical (unpaired) electrons. The van der Waals surface area contributed by atoms with Crippen molar-refractivity contribution in [1.29, 1.82) is 0 Å². The van der Waals surface area contributed by atoms with E-state index in [9.17, 15) is 28.4 Å². The van der Waals surface area contributed by atoms with Gasteiger partial charge in [0.2, 0.25) is 0 Å². The number of carboxylic acid groups (broad SMARTS) is 1. The van der Waals surface area contributed by atoms with Gasteiger partial charge in [0, 0.05) is 22.3 Å². The standard InChI is InChI=1S/C20H15ClN4O6S/c21-14-5-7-15(8-6-14)24-32(30,31)16-9-10-18(19(11-16)25(28)29)23-22-12-13-3-1-2-4-17(13)20(26)27/h1-12,23-24H,(H,26,27)/b22-12+. The fourth-order valence-corrected chi connectivity index (χ4v) is 3.84. The Kier molecular flexibility index (Phi) is 6.71. The first-order chi connectivity index (χ1) is 15.2. The molecule has 0 unspecified atom stereocenters. The Balaban J connectivity index is 1.86. The van der Waals surface area contributed by atoms with Crippen LogP contribution in [0.1, 0.15) is 15.9 Å². The summed E-state index contributed by atoms with van der Waals surface area (Å²) in [7, 11) is -4.11. The lowest BCUT2D eigenvalue weighted by atomic mass is 10.1. The summed E-state index contributed by atoms with van der Waals surface area (Å²) in [5.74, 6) is -1.15. The van der Waals surface area contributed by atoms with Crippen molar-refractivity contribution >= 4 is 50.9 Å². The third-order valence-electron chi connectivity index (χ3n) is 4.15. The largest absolute Gasteiger partial charge is 0.478 e. The molecule has 0 aliphatic heterocycles. The molecule has 32 heavy (non-hydrogen) atoms. The highest BCUT2D eigenvalue weighted by atomic mass is 35.5. The van der Waals surface area contributed by atoms with E-state index in [-0.39, 0.29) is 27.4 Å². The van der Waals surface area contributed by atoms with E-state index in [2.05, 4.69) is 15.2 Å². The van der Waals surface area contributed by atoms with Gasteiger partial charge in [-0.1, -0.05) is 29.8 Å². The Morgan fingerprint density at radius 1 is 1.09 bits per heavy atom. The van der Waals surface area contributed by atoms with Crippen LogP contribution in [0, 0.1) is 10.1 Å². The first-order valence-electron chi connectivity index (χ1n) is 8.85. The molecule has 0 bridgehead atoms. The monoisotopic (exact) mass is 474 g/mol. The zero-order valence-electron chi connectivity index (χ0n) is 16.1. The van der Waals surface area contributed by atoms with Crippen LogP contribution >= 0.6 is 11.6 Å². The SMILES string of the molecule is O=C(O)c1ccccc1/C=N/Nc1ccc(S(=O)(=O)Nc2ccc(Cl)cc2)cc1[N+](=O)[O-]. The molecular weight excluding hydrogens is 460 g/mol. The van der Waals surface area contributed by atoms with E-state index in [1.165, 1.54) is 54.7 Å². The van der Waals surface area contributed by atoms with Gasteiger partial charge >= 0.3 is 5.97 Å². The van der Waals surface area contributed by atoms with Crippen LogP contribution in [0.25, 0.3) is 0 Å². The number of halogens is 1. The minimum Gasteiger partial charge on any atom is -0.478 e. The number of sulfonamides is 1. The molecule has 164 valence electrons. The molecule has 0 aliphatic carbocycles. The zero-order chi connectivity index (χ0) is 23.3. The van der Waals surface area contributed by atoms with Crippen molar-refractivity contribution in [2.45, 2.75) is 4.90 Å². The first kappa shape index (κ1) is 22.7.